The molecule has 1 nitrogen and oxygen atoms in total. The van der Waals surface area contributed by atoms with Gasteiger partial charge in [-0.05, 0) is 171 Å². The average Bonchev–Trinajstić information content (AvgIpc) is 3.60. The van der Waals surface area contributed by atoms with Crippen LogP contribution in [-0.2, 0) is 5.41 Å². The molecule has 0 aliphatic heterocycles. The first kappa shape index (κ1) is 41.1. The van der Waals surface area contributed by atoms with Crippen molar-refractivity contribution < 1.29 is 0 Å². The van der Waals surface area contributed by atoms with Gasteiger partial charge in [0.25, 0.3) is 0 Å². The fraction of sp³-hybridized carbons (Fsp3) is 0.333. The van der Waals surface area contributed by atoms with Crippen LogP contribution in [0.4, 0.5) is 17.1 Å². The van der Waals surface area contributed by atoms with Gasteiger partial charge in [0.05, 0.1) is 0 Å². The molecule has 0 heterocycles. The highest BCUT2D eigenvalue weighted by atomic mass is 15.1. The Morgan fingerprint density at radius 2 is 0.812 bits per heavy atom. The summed E-state index contributed by atoms with van der Waals surface area (Å²) in [5.41, 5.74) is 21.4. The van der Waals surface area contributed by atoms with Crippen molar-refractivity contribution in [3.8, 4) is 44.5 Å². The Kier molecular flexibility index (Phi) is 11.4. The topological polar surface area (TPSA) is 3.24 Å². The molecular weight excluding hydrogens is 771 g/mol. The molecule has 0 atom stereocenters. The Bertz CT molecular complexity index is 2700. The predicted molar refractivity (Wildman–Crippen MR) is 272 cm³/mol. The van der Waals surface area contributed by atoms with Crippen molar-refractivity contribution in [3.63, 3.8) is 0 Å². The molecule has 3 saturated carbocycles. The fourth-order valence-electron chi connectivity index (χ4n) is 12.4. The molecule has 0 aromatic heterocycles. The molecule has 0 N–H and O–H groups in total. The second-order valence-corrected chi connectivity index (χ2v) is 20.4. The van der Waals surface area contributed by atoms with E-state index in [1.54, 1.807) is 11.1 Å². The second-order valence-electron chi connectivity index (χ2n) is 20.4. The molecule has 0 saturated heterocycles. The average molecular weight is 836 g/mol. The highest BCUT2D eigenvalue weighted by Gasteiger charge is 2.36. The van der Waals surface area contributed by atoms with Gasteiger partial charge >= 0.3 is 0 Å². The van der Waals surface area contributed by atoms with E-state index >= 15 is 0 Å². The zero-order valence-electron chi connectivity index (χ0n) is 38.3. The van der Waals surface area contributed by atoms with E-state index in [0.29, 0.717) is 11.8 Å². The van der Waals surface area contributed by atoms with Crippen molar-refractivity contribution in [1.29, 1.82) is 0 Å². The van der Waals surface area contributed by atoms with Gasteiger partial charge in [0.15, 0.2) is 0 Å². The van der Waals surface area contributed by atoms with Crippen LogP contribution in [0.3, 0.4) is 0 Å². The van der Waals surface area contributed by atoms with E-state index in [4.69, 9.17) is 0 Å². The standard InChI is InChI=1S/C63H65N/c1-63(2)61-27-13-12-26-59(61)60-37-36-58(43-62(60)63)64(56-34-32-49(33-35-56)48-30-28-47(29-31-48)44-16-6-3-7-17-44)57-25-15-24-52(42-57)50-22-14-23-51(38-50)55-40-53(45-18-8-4-9-19-45)39-54(41-55)46-20-10-5-11-21-46/h12-15,22-46H,3-11,16-21H2,1-2H3. The number of rotatable bonds is 9. The first-order chi connectivity index (χ1) is 31.5. The molecule has 0 amide bonds. The molecule has 3 fully saturated rings. The summed E-state index contributed by atoms with van der Waals surface area (Å²) in [6.45, 7) is 4.77. The lowest BCUT2D eigenvalue weighted by Crippen LogP contribution is -2.16. The Hall–Kier alpha value is -5.66. The fourth-order valence-corrected chi connectivity index (χ4v) is 12.4. The van der Waals surface area contributed by atoms with Crippen LogP contribution < -0.4 is 4.90 Å². The Balaban J connectivity index is 0.961. The van der Waals surface area contributed by atoms with Gasteiger partial charge in [0.2, 0.25) is 0 Å². The lowest BCUT2D eigenvalue weighted by molar-refractivity contribution is 0.435. The van der Waals surface area contributed by atoms with Crippen LogP contribution in [0.2, 0.25) is 0 Å². The number of anilines is 3. The summed E-state index contributed by atoms with van der Waals surface area (Å²) in [4.78, 5) is 2.48. The minimum absolute atomic E-state index is 0.0886. The van der Waals surface area contributed by atoms with Crippen LogP contribution in [0, 0.1) is 0 Å². The van der Waals surface area contributed by atoms with Gasteiger partial charge in [-0.3, -0.25) is 0 Å². The molecule has 0 bridgehead atoms. The van der Waals surface area contributed by atoms with Gasteiger partial charge in [-0.15, -0.1) is 0 Å². The molecule has 0 unspecified atom stereocenters. The quantitative estimate of drug-likeness (QED) is 0.140. The zero-order valence-corrected chi connectivity index (χ0v) is 38.3. The Labute approximate surface area is 383 Å². The molecule has 0 spiro atoms. The van der Waals surface area contributed by atoms with Crippen molar-refractivity contribution >= 4 is 17.1 Å². The van der Waals surface area contributed by atoms with Crippen LogP contribution in [0.5, 0.6) is 0 Å². The van der Waals surface area contributed by atoms with Crippen molar-refractivity contribution in [1.82, 2.24) is 0 Å². The predicted octanol–water partition coefficient (Wildman–Crippen LogP) is 18.6. The maximum Gasteiger partial charge on any atom is 0.0467 e. The van der Waals surface area contributed by atoms with Gasteiger partial charge in [-0.1, -0.05) is 187 Å². The van der Waals surface area contributed by atoms with Gasteiger partial charge in [-0.2, -0.15) is 0 Å². The third-order valence-corrected chi connectivity index (χ3v) is 16.0. The van der Waals surface area contributed by atoms with E-state index in [0.717, 1.165) is 11.6 Å². The van der Waals surface area contributed by atoms with Gasteiger partial charge in [0.1, 0.15) is 0 Å². The number of hydrogen-bond donors (Lipinski definition) is 0. The number of hydrogen-bond acceptors (Lipinski definition) is 1. The molecule has 4 aliphatic carbocycles. The van der Waals surface area contributed by atoms with E-state index < -0.39 is 0 Å². The van der Waals surface area contributed by atoms with E-state index in [9.17, 15) is 0 Å². The van der Waals surface area contributed by atoms with E-state index in [1.807, 2.05) is 0 Å². The highest BCUT2D eigenvalue weighted by Crippen LogP contribution is 2.51. The summed E-state index contributed by atoms with van der Waals surface area (Å²) in [5, 5.41) is 0. The second kappa shape index (κ2) is 17.7. The molecule has 1 heteroatoms. The first-order valence-corrected chi connectivity index (χ1v) is 25.1. The van der Waals surface area contributed by atoms with Gasteiger partial charge in [0, 0.05) is 22.5 Å². The van der Waals surface area contributed by atoms with Crippen LogP contribution in [0.25, 0.3) is 44.5 Å². The summed E-state index contributed by atoms with van der Waals surface area (Å²) in [6, 6.07) is 61.3. The van der Waals surface area contributed by atoms with Crippen molar-refractivity contribution in [2.75, 3.05) is 4.90 Å². The largest absolute Gasteiger partial charge is 0.310 e. The SMILES string of the molecule is CC1(C)c2ccccc2-c2ccc(N(c3ccc(-c4ccc(C5CCCCC5)cc4)cc3)c3cccc(-c4cccc(-c5cc(C6CCCCC6)cc(C6CCCCC6)c5)c4)c3)cc21. The smallest absolute Gasteiger partial charge is 0.0467 e. The van der Waals surface area contributed by atoms with Crippen molar-refractivity contribution in [2.24, 2.45) is 0 Å². The van der Waals surface area contributed by atoms with Gasteiger partial charge in [-0.25, -0.2) is 0 Å². The molecule has 7 aromatic rings. The Morgan fingerprint density at radius 3 is 1.44 bits per heavy atom. The van der Waals surface area contributed by atoms with E-state index in [1.165, 1.54) is 169 Å². The summed E-state index contributed by atoms with van der Waals surface area (Å²) < 4.78 is 0. The van der Waals surface area contributed by atoms with Crippen LogP contribution in [0.1, 0.15) is 156 Å². The number of benzene rings is 7. The zero-order chi connectivity index (χ0) is 43.0. The molecule has 7 aromatic carbocycles. The first-order valence-electron chi connectivity index (χ1n) is 25.1. The van der Waals surface area contributed by atoms with Crippen LogP contribution in [0.15, 0.2) is 158 Å². The lowest BCUT2D eigenvalue weighted by Gasteiger charge is -2.28. The Morgan fingerprint density at radius 1 is 0.328 bits per heavy atom. The third-order valence-electron chi connectivity index (χ3n) is 16.0. The van der Waals surface area contributed by atoms with E-state index in [-0.39, 0.29) is 5.41 Å². The molecule has 11 rings (SSSR count). The molecule has 4 aliphatic rings. The molecule has 0 radical (unpaired) electrons. The van der Waals surface area contributed by atoms with E-state index in [2.05, 4.69) is 176 Å². The van der Waals surface area contributed by atoms with Crippen molar-refractivity contribution in [2.45, 2.75) is 133 Å². The van der Waals surface area contributed by atoms with Gasteiger partial charge < -0.3 is 4.90 Å². The highest BCUT2D eigenvalue weighted by molar-refractivity contribution is 5.87. The van der Waals surface area contributed by atoms with Crippen LogP contribution >= 0.6 is 0 Å². The monoisotopic (exact) mass is 836 g/mol. The summed E-state index contributed by atoms with van der Waals surface area (Å²) in [7, 11) is 0. The normalized spacial score (nSPS) is 17.8. The summed E-state index contributed by atoms with van der Waals surface area (Å²) in [5.74, 6) is 2.11. The van der Waals surface area contributed by atoms with Crippen LogP contribution in [-0.4, -0.2) is 0 Å². The maximum atomic E-state index is 2.62. The molecular formula is C63H65N. The number of fused-ring (bicyclic) bond motifs is 3. The summed E-state index contributed by atoms with van der Waals surface area (Å²) in [6.07, 6.45) is 20.4. The van der Waals surface area contributed by atoms with Crippen molar-refractivity contribution in [3.05, 3.63) is 186 Å². The third kappa shape index (κ3) is 8.06. The number of nitrogens with zero attached hydrogens (tertiary/aromatic N) is 1. The minimum atomic E-state index is -0.0886. The maximum absolute atomic E-state index is 2.62. The molecule has 322 valence electrons. The minimum Gasteiger partial charge on any atom is -0.310 e. The summed E-state index contributed by atoms with van der Waals surface area (Å²) >= 11 is 0. The molecule has 64 heavy (non-hydrogen) atoms. The lowest BCUT2D eigenvalue weighted by atomic mass is 9.78.